The number of hydrogen-bond acceptors (Lipinski definition) is 4. The fourth-order valence-corrected chi connectivity index (χ4v) is 1.50. The molecule has 0 bridgehead atoms. The van der Waals surface area contributed by atoms with Crippen molar-refractivity contribution in [1.29, 1.82) is 0 Å². The van der Waals surface area contributed by atoms with Gasteiger partial charge in [0.05, 0.1) is 0 Å². The minimum absolute atomic E-state index is 0.323. The van der Waals surface area contributed by atoms with Crippen molar-refractivity contribution in [2.45, 2.75) is 10.3 Å². The minimum atomic E-state index is -4.53. The first-order valence-electron chi connectivity index (χ1n) is 4.41. The fourth-order valence-electron chi connectivity index (χ4n) is 1.11. The Bertz CT molecular complexity index is 259. The SMILES string of the molecule is O=C(OC(I)C(F)(F)F)N1CCN(S)CC1. The van der Waals surface area contributed by atoms with Crippen molar-refractivity contribution >= 4 is 41.5 Å². The lowest BCUT2D eigenvalue weighted by atomic mass is 10.4. The summed E-state index contributed by atoms with van der Waals surface area (Å²) in [5.41, 5.74) is 0. The minimum Gasteiger partial charge on any atom is -0.426 e. The number of hydrogen-bond donors (Lipinski definition) is 1. The number of amides is 1. The first kappa shape index (κ1) is 14.2. The van der Waals surface area contributed by atoms with Crippen molar-refractivity contribution < 1.29 is 22.7 Å². The molecule has 0 aromatic rings. The number of halogens is 4. The Kier molecular flexibility index (Phi) is 4.98. The summed E-state index contributed by atoms with van der Waals surface area (Å²) in [6.07, 6.45) is -5.46. The number of rotatable bonds is 1. The van der Waals surface area contributed by atoms with Gasteiger partial charge in [-0.2, -0.15) is 13.2 Å². The summed E-state index contributed by atoms with van der Waals surface area (Å²) in [6, 6.07) is 0. The second kappa shape index (κ2) is 5.63. The van der Waals surface area contributed by atoms with Crippen LogP contribution in [0.5, 0.6) is 0 Å². The van der Waals surface area contributed by atoms with Gasteiger partial charge in [0, 0.05) is 26.2 Å². The number of ether oxygens (including phenoxy) is 1. The second-order valence-electron chi connectivity index (χ2n) is 3.18. The summed E-state index contributed by atoms with van der Waals surface area (Å²) >= 11 is 5.10. The molecule has 0 spiro atoms. The smallest absolute Gasteiger partial charge is 0.426 e. The van der Waals surface area contributed by atoms with Crippen LogP contribution in [0.4, 0.5) is 18.0 Å². The third kappa shape index (κ3) is 4.17. The van der Waals surface area contributed by atoms with Crippen molar-refractivity contribution in [3.63, 3.8) is 0 Å². The Labute approximate surface area is 110 Å². The van der Waals surface area contributed by atoms with E-state index in [1.54, 1.807) is 4.31 Å². The monoisotopic (exact) mass is 370 g/mol. The molecule has 0 aliphatic carbocycles. The van der Waals surface area contributed by atoms with Gasteiger partial charge in [-0.1, -0.05) is 12.8 Å². The summed E-state index contributed by atoms with van der Waals surface area (Å²) < 4.78 is 40.2. The van der Waals surface area contributed by atoms with Crippen molar-refractivity contribution in [2.24, 2.45) is 0 Å². The standard InChI is InChI=1S/C7H10F3IN2O2S/c8-7(9,10)5(11)15-6(14)12-1-3-13(16)4-2-12/h5,16H,1-4H2. The highest BCUT2D eigenvalue weighted by Gasteiger charge is 2.41. The molecule has 4 nitrogen and oxygen atoms in total. The molecule has 1 unspecified atom stereocenters. The van der Waals surface area contributed by atoms with E-state index >= 15 is 0 Å². The van der Waals surface area contributed by atoms with Gasteiger partial charge in [-0.05, 0) is 22.6 Å². The van der Waals surface area contributed by atoms with E-state index in [0.29, 0.717) is 26.2 Å². The van der Waals surface area contributed by atoms with Crippen LogP contribution < -0.4 is 0 Å². The van der Waals surface area contributed by atoms with Crippen LogP contribution in [0.2, 0.25) is 0 Å². The van der Waals surface area contributed by atoms with Crippen LogP contribution in [0.3, 0.4) is 0 Å². The van der Waals surface area contributed by atoms with Crippen LogP contribution in [-0.2, 0) is 4.74 Å². The average molecular weight is 370 g/mol. The zero-order valence-electron chi connectivity index (χ0n) is 8.08. The van der Waals surface area contributed by atoms with Crippen LogP contribution in [0.15, 0.2) is 0 Å². The number of nitrogens with zero attached hydrogens (tertiary/aromatic N) is 2. The van der Waals surface area contributed by atoms with Crippen molar-refractivity contribution in [3.05, 3.63) is 0 Å². The van der Waals surface area contributed by atoms with Gasteiger partial charge in [0.1, 0.15) is 0 Å². The van der Waals surface area contributed by atoms with Crippen LogP contribution >= 0.6 is 35.4 Å². The summed E-state index contributed by atoms with van der Waals surface area (Å²) in [5.74, 6) is 0. The van der Waals surface area contributed by atoms with Gasteiger partial charge in [0.25, 0.3) is 0 Å². The van der Waals surface area contributed by atoms with E-state index in [-0.39, 0.29) is 0 Å². The molecule has 1 amide bonds. The molecule has 1 fully saturated rings. The third-order valence-electron chi connectivity index (χ3n) is 1.98. The molecule has 0 saturated carbocycles. The Balaban J connectivity index is 2.41. The molecule has 0 radical (unpaired) electrons. The lowest BCUT2D eigenvalue weighted by molar-refractivity contribution is -0.170. The number of carbonyl (C=O) groups excluding carboxylic acids is 1. The quantitative estimate of drug-likeness (QED) is 0.435. The number of alkyl halides is 4. The molecule has 1 saturated heterocycles. The van der Waals surface area contributed by atoms with Crippen LogP contribution in [0.25, 0.3) is 0 Å². The van der Waals surface area contributed by atoms with Crippen LogP contribution in [0, 0.1) is 0 Å². The lowest BCUT2D eigenvalue weighted by Crippen LogP contribution is -2.47. The predicted molar refractivity (Wildman–Crippen MR) is 62.5 cm³/mol. The molecule has 1 aliphatic heterocycles. The first-order valence-corrected chi connectivity index (χ1v) is 6.05. The summed E-state index contributed by atoms with van der Waals surface area (Å²) in [4.78, 5) is 12.6. The van der Waals surface area contributed by atoms with Gasteiger partial charge in [-0.3, -0.25) is 0 Å². The van der Waals surface area contributed by atoms with Gasteiger partial charge in [-0.25, -0.2) is 9.10 Å². The van der Waals surface area contributed by atoms with Crippen LogP contribution in [-0.4, -0.2) is 51.8 Å². The Morgan fingerprint density at radius 3 is 2.25 bits per heavy atom. The second-order valence-corrected chi connectivity index (χ2v) is 4.88. The fraction of sp³-hybridized carbons (Fsp3) is 0.857. The number of thiol groups is 1. The average Bonchev–Trinajstić information content (AvgIpc) is 2.17. The van der Waals surface area contributed by atoms with Gasteiger partial charge >= 0.3 is 12.3 Å². The van der Waals surface area contributed by atoms with Gasteiger partial charge in [-0.15, -0.1) is 0 Å². The van der Waals surface area contributed by atoms with Gasteiger partial charge in [0.2, 0.25) is 4.11 Å². The molecule has 1 atom stereocenters. The molecule has 1 rings (SSSR count). The van der Waals surface area contributed by atoms with E-state index in [9.17, 15) is 18.0 Å². The number of piperazine rings is 1. The normalized spacial score (nSPS) is 20.7. The molecule has 0 N–H and O–H groups in total. The third-order valence-corrected chi connectivity index (χ3v) is 3.34. The highest BCUT2D eigenvalue weighted by molar-refractivity contribution is 14.1. The van der Waals surface area contributed by atoms with Gasteiger partial charge < -0.3 is 9.64 Å². The highest BCUT2D eigenvalue weighted by atomic mass is 127. The van der Waals surface area contributed by atoms with E-state index in [1.165, 1.54) is 4.90 Å². The largest absolute Gasteiger partial charge is 0.435 e. The van der Waals surface area contributed by atoms with Crippen LogP contribution in [0.1, 0.15) is 0 Å². The Hall–Kier alpha value is 0.1000. The zero-order chi connectivity index (χ0) is 12.3. The Morgan fingerprint density at radius 1 is 1.31 bits per heavy atom. The maximum atomic E-state index is 12.1. The molecule has 0 aromatic carbocycles. The first-order chi connectivity index (χ1) is 7.30. The maximum Gasteiger partial charge on any atom is 0.435 e. The summed E-state index contributed by atoms with van der Waals surface area (Å²) in [7, 11) is 0. The predicted octanol–water partition coefficient (Wildman–Crippen LogP) is 1.91. The van der Waals surface area contributed by atoms with E-state index in [4.69, 9.17) is 0 Å². The topological polar surface area (TPSA) is 32.8 Å². The maximum absolute atomic E-state index is 12.1. The molecule has 9 heteroatoms. The molecule has 1 aliphatic rings. The van der Waals surface area contributed by atoms with E-state index in [0.717, 1.165) is 22.6 Å². The highest BCUT2D eigenvalue weighted by Crippen LogP contribution is 2.28. The van der Waals surface area contributed by atoms with Crippen molar-refractivity contribution in [3.8, 4) is 0 Å². The molecule has 94 valence electrons. The zero-order valence-corrected chi connectivity index (χ0v) is 11.1. The number of carbonyl (C=O) groups is 1. The lowest BCUT2D eigenvalue weighted by Gasteiger charge is -2.31. The van der Waals surface area contributed by atoms with E-state index in [2.05, 4.69) is 17.6 Å². The van der Waals surface area contributed by atoms with E-state index < -0.39 is 16.4 Å². The summed E-state index contributed by atoms with van der Waals surface area (Å²) in [6.45, 7) is 1.67. The molecule has 0 aromatic heterocycles. The summed E-state index contributed by atoms with van der Waals surface area (Å²) in [5, 5.41) is 0. The molecular weight excluding hydrogens is 360 g/mol. The van der Waals surface area contributed by atoms with Crippen molar-refractivity contribution in [2.75, 3.05) is 26.2 Å². The molecule has 16 heavy (non-hydrogen) atoms. The molecule has 1 heterocycles. The van der Waals surface area contributed by atoms with E-state index in [1.807, 2.05) is 0 Å². The van der Waals surface area contributed by atoms with Crippen molar-refractivity contribution in [1.82, 2.24) is 9.21 Å². The molecular formula is C7H10F3IN2O2S. The van der Waals surface area contributed by atoms with Gasteiger partial charge in [0.15, 0.2) is 0 Å². The Morgan fingerprint density at radius 2 is 1.81 bits per heavy atom.